The molecule has 204 valence electrons. The van der Waals surface area contributed by atoms with Gasteiger partial charge in [0.25, 0.3) is 0 Å². The van der Waals surface area contributed by atoms with Gasteiger partial charge in [0.1, 0.15) is 22.2 Å². The van der Waals surface area contributed by atoms with Crippen molar-refractivity contribution >= 4 is 22.2 Å². The lowest BCUT2D eigenvalue weighted by Crippen LogP contribution is -2.38. The number of rotatable bonds is 14. The minimum Gasteiger partial charge on any atom is -0.494 e. The predicted octanol–water partition coefficient (Wildman–Crippen LogP) is 4.59. The van der Waals surface area contributed by atoms with Crippen molar-refractivity contribution in [1.82, 2.24) is 9.88 Å². The average molecular weight is 540 g/mol. The van der Waals surface area contributed by atoms with E-state index in [2.05, 4.69) is 27.5 Å². The molecule has 0 unspecified atom stereocenters. The van der Waals surface area contributed by atoms with Gasteiger partial charge in [0.2, 0.25) is 0 Å². The van der Waals surface area contributed by atoms with Crippen LogP contribution in [0, 0.1) is 6.92 Å². The third-order valence-corrected chi connectivity index (χ3v) is 7.19. The fraction of sp³-hybridized carbons (Fsp3) is 0.429. The number of nitrogens with zero attached hydrogens (tertiary/aromatic N) is 3. The van der Waals surface area contributed by atoms with Gasteiger partial charge in [-0.05, 0) is 74.7 Å². The van der Waals surface area contributed by atoms with Gasteiger partial charge in [0.05, 0.1) is 31.4 Å². The zero-order chi connectivity index (χ0) is 26.6. The summed E-state index contributed by atoms with van der Waals surface area (Å²) in [6, 6.07) is 15.4. The normalized spacial score (nSPS) is 14.4. The van der Waals surface area contributed by atoms with E-state index in [0.717, 1.165) is 91.4 Å². The van der Waals surface area contributed by atoms with Crippen LogP contribution in [0.2, 0.25) is 0 Å². The number of oxime groups is 1. The maximum atomic E-state index is 8.72. The number of unbranched alkanes of at least 4 members (excludes halogenated alkanes) is 2. The Morgan fingerprint density at radius 3 is 2.29 bits per heavy atom. The first-order chi connectivity index (χ1) is 18.6. The van der Waals surface area contributed by atoms with Crippen LogP contribution in [0.3, 0.4) is 0 Å². The molecule has 0 aliphatic carbocycles. The number of anilines is 1. The molecule has 3 aromatic rings. The van der Waals surface area contributed by atoms with Crippen LogP contribution in [0.5, 0.6) is 11.5 Å². The van der Waals surface area contributed by atoms with E-state index in [9.17, 15) is 0 Å². The van der Waals surface area contributed by atoms with E-state index in [4.69, 9.17) is 30.1 Å². The summed E-state index contributed by atoms with van der Waals surface area (Å²) in [6.07, 6.45) is 2.91. The first-order valence-corrected chi connectivity index (χ1v) is 13.9. The smallest absolute Gasteiger partial charge is 0.170 e. The van der Waals surface area contributed by atoms with Gasteiger partial charge in [0.15, 0.2) is 5.84 Å². The topological polar surface area (TPSA) is 114 Å². The summed E-state index contributed by atoms with van der Waals surface area (Å²) in [7, 11) is 0. The van der Waals surface area contributed by atoms with Gasteiger partial charge < -0.3 is 30.5 Å². The molecule has 0 bridgehead atoms. The maximum Gasteiger partial charge on any atom is 0.170 e. The average Bonchev–Trinajstić information content (AvgIpc) is 3.33. The number of nitrogens with one attached hydrogen (secondary N) is 1. The summed E-state index contributed by atoms with van der Waals surface area (Å²) in [5.74, 6) is 1.72. The fourth-order valence-corrected chi connectivity index (χ4v) is 5.01. The molecule has 2 aromatic carbocycles. The van der Waals surface area contributed by atoms with Crippen LogP contribution >= 0.6 is 11.3 Å². The van der Waals surface area contributed by atoms with Gasteiger partial charge in [-0.15, -0.1) is 11.3 Å². The van der Waals surface area contributed by atoms with E-state index in [-0.39, 0.29) is 5.84 Å². The molecule has 38 heavy (non-hydrogen) atoms. The Morgan fingerprint density at radius 1 is 1.03 bits per heavy atom. The Hall–Kier alpha value is -3.34. The number of morpholine rings is 1. The number of nitrogens with two attached hydrogens (primary N) is 1. The number of thiazole rings is 1. The Morgan fingerprint density at radius 2 is 1.66 bits per heavy atom. The minimum absolute atomic E-state index is 0.0845. The lowest BCUT2D eigenvalue weighted by molar-refractivity contribution is 0.0398. The van der Waals surface area contributed by atoms with Gasteiger partial charge in [-0.2, -0.15) is 0 Å². The molecule has 4 N–H and O–H groups in total. The standard InChI is InChI=1S/C28H37N5O4S/c1-21-31-26(28(38-21)30-13-14-33-15-19-35-20-16-33)22-5-9-24(10-6-22)36-17-3-2-4-18-37-25-11-7-23(8-12-25)27(29)32-34/h5-12,30,34H,2-4,13-20H2,1H3,(H2,29,32). The molecular formula is C28H37N5O4S. The zero-order valence-electron chi connectivity index (χ0n) is 21.9. The number of hydrogen-bond donors (Lipinski definition) is 3. The maximum absolute atomic E-state index is 8.72. The van der Waals surface area contributed by atoms with Crippen LogP contribution in [0.1, 0.15) is 29.8 Å². The van der Waals surface area contributed by atoms with Crippen LogP contribution in [-0.2, 0) is 4.74 Å². The Balaban J connectivity index is 1.14. The van der Waals surface area contributed by atoms with Crippen LogP contribution in [0.25, 0.3) is 11.3 Å². The summed E-state index contributed by atoms with van der Waals surface area (Å²) in [5, 5.41) is 17.5. The minimum atomic E-state index is 0.0845. The summed E-state index contributed by atoms with van der Waals surface area (Å²) in [6.45, 7) is 8.88. The third-order valence-electron chi connectivity index (χ3n) is 6.26. The third kappa shape index (κ3) is 8.34. The highest BCUT2D eigenvalue weighted by molar-refractivity contribution is 7.16. The fourth-order valence-electron chi connectivity index (χ4n) is 4.14. The van der Waals surface area contributed by atoms with Gasteiger partial charge in [-0.3, -0.25) is 4.90 Å². The second-order valence-corrected chi connectivity index (χ2v) is 10.3. The molecule has 1 aliphatic heterocycles. The summed E-state index contributed by atoms with van der Waals surface area (Å²) in [4.78, 5) is 7.19. The summed E-state index contributed by atoms with van der Waals surface area (Å²) >= 11 is 1.70. The van der Waals surface area contributed by atoms with Gasteiger partial charge >= 0.3 is 0 Å². The van der Waals surface area contributed by atoms with E-state index in [1.54, 1.807) is 23.5 Å². The number of aryl methyl sites for hydroxylation is 1. The van der Waals surface area contributed by atoms with E-state index in [0.29, 0.717) is 18.8 Å². The molecule has 4 rings (SSSR count). The molecule has 10 heteroatoms. The number of aromatic nitrogens is 1. The first-order valence-electron chi connectivity index (χ1n) is 13.1. The molecule has 1 aliphatic rings. The van der Waals surface area contributed by atoms with Crippen molar-refractivity contribution in [3.63, 3.8) is 0 Å². The molecule has 2 heterocycles. The van der Waals surface area contributed by atoms with Crippen molar-refractivity contribution < 1.29 is 19.4 Å². The van der Waals surface area contributed by atoms with Gasteiger partial charge in [0, 0.05) is 37.3 Å². The van der Waals surface area contributed by atoms with Crippen LogP contribution in [-0.4, -0.2) is 73.5 Å². The Labute approximate surface area is 228 Å². The molecule has 1 saturated heterocycles. The molecule has 0 amide bonds. The van der Waals surface area contributed by atoms with Crippen molar-refractivity contribution in [3.05, 3.63) is 59.1 Å². The highest BCUT2D eigenvalue weighted by Crippen LogP contribution is 2.33. The number of ether oxygens (including phenoxy) is 3. The summed E-state index contributed by atoms with van der Waals surface area (Å²) < 4.78 is 17.1. The molecule has 1 fully saturated rings. The first kappa shape index (κ1) is 27.7. The van der Waals surface area contributed by atoms with Crippen molar-refractivity contribution in [2.24, 2.45) is 10.9 Å². The van der Waals surface area contributed by atoms with E-state index < -0.39 is 0 Å². The number of benzene rings is 2. The van der Waals surface area contributed by atoms with Crippen LogP contribution in [0.15, 0.2) is 53.7 Å². The second kappa shape index (κ2) is 14.6. The molecule has 0 spiro atoms. The van der Waals surface area contributed by atoms with E-state index >= 15 is 0 Å². The van der Waals surface area contributed by atoms with Gasteiger partial charge in [-0.1, -0.05) is 5.16 Å². The van der Waals surface area contributed by atoms with E-state index in [1.807, 2.05) is 31.2 Å². The molecule has 0 radical (unpaired) electrons. The Bertz CT molecular complexity index is 1150. The summed E-state index contributed by atoms with van der Waals surface area (Å²) in [5.41, 5.74) is 8.32. The number of hydrogen-bond acceptors (Lipinski definition) is 9. The second-order valence-electron chi connectivity index (χ2n) is 9.08. The largest absolute Gasteiger partial charge is 0.494 e. The van der Waals surface area contributed by atoms with Crippen molar-refractivity contribution in [2.45, 2.75) is 26.2 Å². The SMILES string of the molecule is Cc1nc(-c2ccc(OCCCCCOc3ccc(/C(N)=N/O)cc3)cc2)c(NCCN2CCOCC2)s1. The molecule has 0 atom stereocenters. The Kier molecular flexibility index (Phi) is 10.6. The van der Waals surface area contributed by atoms with Crippen molar-refractivity contribution in [1.29, 1.82) is 0 Å². The monoisotopic (exact) mass is 539 g/mol. The number of amidine groups is 1. The lowest BCUT2D eigenvalue weighted by Gasteiger charge is -2.26. The highest BCUT2D eigenvalue weighted by atomic mass is 32.1. The van der Waals surface area contributed by atoms with Gasteiger partial charge in [-0.25, -0.2) is 4.98 Å². The van der Waals surface area contributed by atoms with Crippen molar-refractivity contribution in [3.8, 4) is 22.8 Å². The van der Waals surface area contributed by atoms with Crippen molar-refractivity contribution in [2.75, 3.05) is 57.9 Å². The predicted molar refractivity (Wildman–Crippen MR) is 152 cm³/mol. The zero-order valence-corrected chi connectivity index (χ0v) is 22.7. The molecule has 9 nitrogen and oxygen atoms in total. The van der Waals surface area contributed by atoms with Crippen LogP contribution < -0.4 is 20.5 Å². The molecule has 0 saturated carbocycles. The molecular weight excluding hydrogens is 502 g/mol. The molecule has 1 aromatic heterocycles. The van der Waals surface area contributed by atoms with Crippen LogP contribution in [0.4, 0.5) is 5.00 Å². The lowest BCUT2D eigenvalue weighted by atomic mass is 10.1. The quantitative estimate of drug-likeness (QED) is 0.0896. The highest BCUT2D eigenvalue weighted by Gasteiger charge is 2.13. The van der Waals surface area contributed by atoms with E-state index in [1.165, 1.54) is 0 Å².